The minimum atomic E-state index is -1.22. The number of amides is 2. The second-order valence-corrected chi connectivity index (χ2v) is 13.2. The van der Waals surface area contributed by atoms with Crippen LogP contribution in [0.25, 0.3) is 33.5 Å². The lowest BCUT2D eigenvalue weighted by Gasteiger charge is -2.40. The molecule has 0 radical (unpaired) electrons. The van der Waals surface area contributed by atoms with E-state index in [2.05, 4.69) is 45.1 Å². The number of fused-ring (bicyclic) bond motifs is 4. The zero-order chi connectivity index (χ0) is 33.0. The van der Waals surface area contributed by atoms with Crippen molar-refractivity contribution in [2.75, 3.05) is 19.8 Å². The van der Waals surface area contributed by atoms with Crippen molar-refractivity contribution in [3.05, 3.63) is 124 Å². The lowest BCUT2D eigenvalue weighted by Crippen LogP contribution is -2.70. The quantitative estimate of drug-likeness (QED) is 0.170. The van der Waals surface area contributed by atoms with Crippen LogP contribution in [0.15, 0.2) is 84.9 Å². The average Bonchev–Trinajstić information content (AvgIpc) is 3.76. The first-order chi connectivity index (χ1) is 23.3. The highest BCUT2D eigenvalue weighted by molar-refractivity contribution is 6.31. The molecule has 0 bridgehead atoms. The summed E-state index contributed by atoms with van der Waals surface area (Å²) in [5.41, 5.74) is 8.44. The first-order valence-electron chi connectivity index (χ1n) is 16.0. The van der Waals surface area contributed by atoms with Crippen LogP contribution in [0.5, 0.6) is 0 Å². The van der Waals surface area contributed by atoms with Crippen molar-refractivity contribution in [1.82, 2.24) is 20.8 Å². The van der Waals surface area contributed by atoms with Gasteiger partial charge in [0.15, 0.2) is 5.54 Å². The van der Waals surface area contributed by atoms with Crippen LogP contribution in [-0.2, 0) is 20.7 Å². The summed E-state index contributed by atoms with van der Waals surface area (Å²) >= 11 is 6.29. The molecule has 0 saturated carbocycles. The van der Waals surface area contributed by atoms with Crippen LogP contribution in [-0.4, -0.2) is 47.6 Å². The van der Waals surface area contributed by atoms with Crippen molar-refractivity contribution in [3.63, 3.8) is 0 Å². The van der Waals surface area contributed by atoms with Crippen LogP contribution < -0.4 is 10.6 Å². The Morgan fingerprint density at radius 3 is 2.38 bits per heavy atom. The molecular formula is C38H32ClFN4O4. The fourth-order valence-electron chi connectivity index (χ4n) is 7.24. The van der Waals surface area contributed by atoms with Crippen LogP contribution in [0.3, 0.4) is 0 Å². The largest absolute Gasteiger partial charge is 0.449 e. The topological polar surface area (TPSA) is 105 Å². The molecule has 1 fully saturated rings. The normalized spacial score (nSPS) is 17.2. The van der Waals surface area contributed by atoms with Crippen molar-refractivity contribution in [2.24, 2.45) is 0 Å². The third kappa shape index (κ3) is 5.23. The van der Waals surface area contributed by atoms with Crippen LogP contribution >= 0.6 is 11.6 Å². The molecule has 2 amide bonds. The zero-order valence-electron chi connectivity index (χ0n) is 26.1. The van der Waals surface area contributed by atoms with Crippen molar-refractivity contribution in [3.8, 4) is 33.5 Å². The number of carbonyl (C=O) groups excluding carboxylic acids is 2. The Hall–Kier alpha value is -4.99. The van der Waals surface area contributed by atoms with Gasteiger partial charge < -0.3 is 20.1 Å². The summed E-state index contributed by atoms with van der Waals surface area (Å²) in [6.07, 6.45) is 0.738. The van der Waals surface area contributed by atoms with E-state index in [0.29, 0.717) is 28.3 Å². The summed E-state index contributed by atoms with van der Waals surface area (Å²) in [4.78, 5) is 26.8. The zero-order valence-corrected chi connectivity index (χ0v) is 26.9. The molecule has 2 heterocycles. The second-order valence-electron chi connectivity index (χ2n) is 12.8. The molecule has 0 unspecified atom stereocenters. The van der Waals surface area contributed by atoms with Crippen molar-refractivity contribution >= 4 is 23.6 Å². The molecule has 48 heavy (non-hydrogen) atoms. The average molecular weight is 663 g/mol. The fourth-order valence-corrected chi connectivity index (χ4v) is 7.44. The van der Waals surface area contributed by atoms with Crippen LogP contribution in [0.1, 0.15) is 46.3 Å². The van der Waals surface area contributed by atoms with E-state index in [1.165, 1.54) is 6.07 Å². The summed E-state index contributed by atoms with van der Waals surface area (Å²) < 4.78 is 26.4. The number of benzene rings is 4. The number of carbonyl (C=O) groups is 2. The maximum atomic E-state index is 15.2. The molecule has 1 aromatic heterocycles. The van der Waals surface area contributed by atoms with Gasteiger partial charge in [-0.05, 0) is 82.5 Å². The maximum absolute atomic E-state index is 15.2. The van der Waals surface area contributed by atoms with Crippen LogP contribution in [0.2, 0.25) is 5.02 Å². The van der Waals surface area contributed by atoms with Crippen LogP contribution in [0, 0.1) is 12.7 Å². The number of nitrogens with zero attached hydrogens (tertiary/aromatic N) is 1. The highest BCUT2D eigenvalue weighted by Crippen LogP contribution is 2.45. The summed E-state index contributed by atoms with van der Waals surface area (Å²) in [6.45, 7) is 2.12. The Morgan fingerprint density at radius 1 is 0.979 bits per heavy atom. The van der Waals surface area contributed by atoms with Crippen molar-refractivity contribution in [2.45, 2.75) is 37.3 Å². The summed E-state index contributed by atoms with van der Waals surface area (Å²) in [7, 11) is 0. The SMILES string of the molecule is Cc1cc(-c2c(F)cc(Cl)cc2-c2ccc3c(c2)CC[C@@H]3NC(=O)C2(NC(=O)OCC3c4ccccc4-c4ccccc43)COC2)n[nH]1. The maximum Gasteiger partial charge on any atom is 0.408 e. The summed E-state index contributed by atoms with van der Waals surface area (Å²) in [5.74, 6) is -0.864. The number of aryl methyl sites for hydroxylation is 2. The minimum absolute atomic E-state index is 0.0529. The number of hydrogen-bond donors (Lipinski definition) is 3. The van der Waals surface area contributed by atoms with E-state index >= 15 is 4.39 Å². The van der Waals surface area contributed by atoms with Gasteiger partial charge in [-0.3, -0.25) is 9.89 Å². The molecule has 1 aliphatic heterocycles. The Labute approximate surface area is 281 Å². The second kappa shape index (κ2) is 11.9. The van der Waals surface area contributed by atoms with Gasteiger partial charge in [0.2, 0.25) is 0 Å². The molecule has 8 rings (SSSR count). The predicted octanol–water partition coefficient (Wildman–Crippen LogP) is 7.26. The van der Waals surface area contributed by atoms with Gasteiger partial charge in [0.25, 0.3) is 5.91 Å². The fraction of sp³-hybridized carbons (Fsp3) is 0.237. The summed E-state index contributed by atoms with van der Waals surface area (Å²) in [5, 5.41) is 13.4. The first-order valence-corrected chi connectivity index (χ1v) is 16.3. The number of alkyl carbamates (subject to hydrolysis) is 1. The summed E-state index contributed by atoms with van der Waals surface area (Å²) in [6, 6.07) is 26.7. The number of hydrogen-bond acceptors (Lipinski definition) is 5. The standard InChI is InChI=1S/C38H32ClFN4O4/c1-21-14-34(44-43-21)35-30(16-24(39)17-32(35)40)23-10-12-25-22(15-23)11-13-33(25)41-36(45)38(19-47-20-38)42-37(46)48-18-31-28-8-4-2-6-26(28)27-7-3-5-9-29(27)31/h2-10,12,14-17,31,33H,11,13,18-20H2,1H3,(H,41,45)(H,42,46)(H,43,44)/t33-/m0/s1. The van der Waals surface area contributed by atoms with Gasteiger partial charge >= 0.3 is 6.09 Å². The van der Waals surface area contributed by atoms with Gasteiger partial charge in [-0.25, -0.2) is 9.18 Å². The molecule has 0 spiro atoms. The Balaban J connectivity index is 0.961. The molecule has 1 atom stereocenters. The van der Waals surface area contributed by atoms with Crippen molar-refractivity contribution < 1.29 is 23.5 Å². The van der Waals surface area contributed by atoms with Gasteiger partial charge in [0, 0.05) is 22.2 Å². The molecule has 4 aromatic carbocycles. The highest BCUT2D eigenvalue weighted by Gasteiger charge is 2.49. The molecule has 10 heteroatoms. The molecule has 242 valence electrons. The molecule has 5 aromatic rings. The van der Waals surface area contributed by atoms with Gasteiger partial charge in [0.1, 0.15) is 12.4 Å². The lowest BCUT2D eigenvalue weighted by molar-refractivity contribution is -0.148. The molecular weight excluding hydrogens is 631 g/mol. The smallest absolute Gasteiger partial charge is 0.408 e. The molecule has 2 aliphatic carbocycles. The van der Waals surface area contributed by atoms with Gasteiger partial charge in [-0.1, -0.05) is 78.3 Å². The highest BCUT2D eigenvalue weighted by atomic mass is 35.5. The van der Waals surface area contributed by atoms with E-state index in [1.807, 2.05) is 49.4 Å². The number of nitrogens with one attached hydrogen (secondary N) is 3. The van der Waals surface area contributed by atoms with Crippen LogP contribution in [0.4, 0.5) is 9.18 Å². The monoisotopic (exact) mass is 662 g/mol. The molecule has 3 N–H and O–H groups in total. The molecule has 8 nitrogen and oxygen atoms in total. The van der Waals surface area contributed by atoms with Gasteiger partial charge in [-0.15, -0.1) is 0 Å². The van der Waals surface area contributed by atoms with Gasteiger partial charge in [0.05, 0.1) is 24.9 Å². The van der Waals surface area contributed by atoms with E-state index in [0.717, 1.165) is 51.1 Å². The lowest BCUT2D eigenvalue weighted by atomic mass is 9.93. The Bertz CT molecular complexity index is 2050. The van der Waals surface area contributed by atoms with Crippen molar-refractivity contribution in [1.29, 1.82) is 0 Å². The van der Waals surface area contributed by atoms with E-state index in [4.69, 9.17) is 21.1 Å². The molecule has 3 aliphatic rings. The first kappa shape index (κ1) is 30.4. The van der Waals surface area contributed by atoms with E-state index in [1.54, 1.807) is 12.1 Å². The predicted molar refractivity (Wildman–Crippen MR) is 180 cm³/mol. The van der Waals surface area contributed by atoms with Gasteiger partial charge in [-0.2, -0.15) is 5.10 Å². The molecule has 1 saturated heterocycles. The number of rotatable bonds is 7. The van der Waals surface area contributed by atoms with E-state index in [9.17, 15) is 9.59 Å². The third-order valence-corrected chi connectivity index (χ3v) is 9.89. The Morgan fingerprint density at radius 2 is 1.71 bits per heavy atom. The number of ether oxygens (including phenoxy) is 2. The number of halogens is 2. The minimum Gasteiger partial charge on any atom is -0.449 e. The number of aromatic amines is 1. The third-order valence-electron chi connectivity index (χ3n) is 9.67. The number of H-pyrrole nitrogens is 1. The number of aromatic nitrogens is 2. The Kier molecular flexibility index (Phi) is 7.53. The van der Waals surface area contributed by atoms with E-state index in [-0.39, 0.29) is 37.7 Å². The van der Waals surface area contributed by atoms with E-state index < -0.39 is 17.4 Å².